The van der Waals surface area contributed by atoms with Crippen LogP contribution in [0.3, 0.4) is 0 Å². The van der Waals surface area contributed by atoms with Gasteiger partial charge in [-0.25, -0.2) is 14.3 Å². The minimum atomic E-state index is -0.499. The molecule has 0 radical (unpaired) electrons. The second-order valence-electron chi connectivity index (χ2n) is 10.0. The summed E-state index contributed by atoms with van der Waals surface area (Å²) in [6.45, 7) is 6.85. The normalized spacial score (nSPS) is 19.9. The average Bonchev–Trinajstić information content (AvgIpc) is 3.24. The molecule has 0 bridgehead atoms. The molecule has 34 heavy (non-hydrogen) atoms. The van der Waals surface area contributed by atoms with Crippen LogP contribution in [0, 0.1) is 0 Å². The van der Waals surface area contributed by atoms with Crippen LogP contribution in [0.4, 0.5) is 15.3 Å². The van der Waals surface area contributed by atoms with E-state index in [1.165, 1.54) is 28.8 Å². The highest BCUT2D eigenvalue weighted by Crippen LogP contribution is 2.34. The molecule has 182 valence electrons. The lowest BCUT2D eigenvalue weighted by atomic mass is 9.82. The number of urea groups is 1. The van der Waals surface area contributed by atoms with Gasteiger partial charge in [-0.3, -0.25) is 4.72 Å². The highest BCUT2D eigenvalue weighted by molar-refractivity contribution is 7.96. The van der Waals surface area contributed by atoms with E-state index in [2.05, 4.69) is 39.0 Å². The predicted molar refractivity (Wildman–Crippen MR) is 136 cm³/mol. The quantitative estimate of drug-likeness (QED) is 0.460. The smallest absolute Gasteiger partial charge is 0.418 e. The van der Waals surface area contributed by atoms with Crippen molar-refractivity contribution in [3.8, 4) is 0 Å². The Bertz CT molecular complexity index is 973. The minimum absolute atomic E-state index is 0.0620. The lowest BCUT2D eigenvalue weighted by Gasteiger charge is -2.29. The molecule has 1 aliphatic heterocycles. The molecule has 2 aliphatic rings. The van der Waals surface area contributed by atoms with E-state index in [9.17, 15) is 9.59 Å². The van der Waals surface area contributed by atoms with Crippen LogP contribution in [0.1, 0.15) is 69.1 Å². The molecule has 2 aromatic carbocycles. The molecule has 7 nitrogen and oxygen atoms in total. The van der Waals surface area contributed by atoms with Crippen LogP contribution >= 0.6 is 12.1 Å². The number of amides is 3. The van der Waals surface area contributed by atoms with Gasteiger partial charge in [0.05, 0.1) is 0 Å². The zero-order valence-corrected chi connectivity index (χ0v) is 20.9. The molecule has 0 unspecified atom stereocenters. The van der Waals surface area contributed by atoms with Crippen molar-refractivity contribution in [3.05, 3.63) is 65.2 Å². The molecule has 1 heterocycles. The van der Waals surface area contributed by atoms with Gasteiger partial charge in [0.1, 0.15) is 5.60 Å². The largest absolute Gasteiger partial charge is 0.443 e. The summed E-state index contributed by atoms with van der Waals surface area (Å²) in [5.74, 6) is 0.514. The molecular formula is C26H34N4O3S. The summed E-state index contributed by atoms with van der Waals surface area (Å²) >= 11 is 1.20. The van der Waals surface area contributed by atoms with Gasteiger partial charge >= 0.3 is 12.1 Å². The molecule has 1 saturated carbocycles. The highest BCUT2D eigenvalue weighted by atomic mass is 32.2. The van der Waals surface area contributed by atoms with E-state index in [0.717, 1.165) is 31.4 Å². The van der Waals surface area contributed by atoms with Gasteiger partial charge in [-0.15, -0.1) is 0 Å². The van der Waals surface area contributed by atoms with Gasteiger partial charge in [0.25, 0.3) is 0 Å². The summed E-state index contributed by atoms with van der Waals surface area (Å²) in [5, 5.41) is 3.03. The SMILES string of the molecule is CC(C)(C)OC(=O)NSNC1CCC(c2ccc(NC(=O)N3Cc4ccccc4C3)cc2)CC1. The summed E-state index contributed by atoms with van der Waals surface area (Å²) in [6, 6.07) is 16.8. The lowest BCUT2D eigenvalue weighted by molar-refractivity contribution is 0.0574. The van der Waals surface area contributed by atoms with Crippen molar-refractivity contribution in [1.82, 2.24) is 14.3 Å². The Balaban J connectivity index is 1.18. The van der Waals surface area contributed by atoms with E-state index in [-0.39, 0.29) is 6.03 Å². The first-order valence-electron chi connectivity index (χ1n) is 11.9. The van der Waals surface area contributed by atoms with Crippen molar-refractivity contribution < 1.29 is 14.3 Å². The maximum atomic E-state index is 12.7. The third-order valence-electron chi connectivity index (χ3n) is 6.25. The zero-order valence-electron chi connectivity index (χ0n) is 20.1. The number of fused-ring (bicyclic) bond motifs is 1. The number of nitrogens with one attached hydrogen (secondary N) is 3. The summed E-state index contributed by atoms with van der Waals surface area (Å²) < 4.78 is 11.2. The number of hydrogen-bond acceptors (Lipinski definition) is 5. The molecule has 2 aromatic rings. The first-order valence-corrected chi connectivity index (χ1v) is 12.7. The van der Waals surface area contributed by atoms with Crippen LogP contribution in [0.2, 0.25) is 0 Å². The molecule has 0 spiro atoms. The number of benzene rings is 2. The molecule has 4 rings (SSSR count). The van der Waals surface area contributed by atoms with Crippen LogP contribution in [0.15, 0.2) is 48.5 Å². The Labute approximate surface area is 206 Å². The van der Waals surface area contributed by atoms with Crippen molar-refractivity contribution in [1.29, 1.82) is 0 Å². The maximum Gasteiger partial charge on any atom is 0.418 e. The van der Waals surface area contributed by atoms with Gasteiger partial charge < -0.3 is 15.0 Å². The van der Waals surface area contributed by atoms with E-state index in [1.54, 1.807) is 0 Å². The molecule has 3 amide bonds. The van der Waals surface area contributed by atoms with E-state index in [1.807, 2.05) is 49.9 Å². The second kappa shape index (κ2) is 10.7. The fraction of sp³-hybridized carbons (Fsp3) is 0.462. The second-order valence-corrected chi connectivity index (χ2v) is 10.7. The minimum Gasteiger partial charge on any atom is -0.443 e. The van der Waals surface area contributed by atoms with E-state index in [0.29, 0.717) is 25.0 Å². The Morgan fingerprint density at radius 3 is 2.15 bits per heavy atom. The zero-order chi connectivity index (χ0) is 24.1. The van der Waals surface area contributed by atoms with Crippen molar-refractivity contribution in [2.75, 3.05) is 5.32 Å². The predicted octanol–water partition coefficient (Wildman–Crippen LogP) is 5.94. The topological polar surface area (TPSA) is 82.7 Å². The van der Waals surface area contributed by atoms with Crippen LogP contribution in [0.5, 0.6) is 0 Å². The number of ether oxygens (including phenoxy) is 1. The third kappa shape index (κ3) is 6.67. The van der Waals surface area contributed by atoms with E-state index >= 15 is 0 Å². The monoisotopic (exact) mass is 482 g/mol. The Morgan fingerprint density at radius 2 is 1.56 bits per heavy atom. The van der Waals surface area contributed by atoms with Crippen molar-refractivity contribution in [2.24, 2.45) is 0 Å². The Morgan fingerprint density at radius 1 is 0.941 bits per heavy atom. The van der Waals surface area contributed by atoms with E-state index < -0.39 is 11.7 Å². The van der Waals surface area contributed by atoms with Gasteiger partial charge in [-0.05, 0) is 81.2 Å². The average molecular weight is 483 g/mol. The molecule has 0 aromatic heterocycles. The number of carbonyl (C=O) groups is 2. The van der Waals surface area contributed by atoms with Crippen molar-refractivity contribution in [2.45, 2.75) is 77.1 Å². The fourth-order valence-corrected chi connectivity index (χ4v) is 5.10. The van der Waals surface area contributed by atoms with Crippen LogP contribution < -0.4 is 14.8 Å². The first-order chi connectivity index (χ1) is 16.3. The summed E-state index contributed by atoms with van der Waals surface area (Å²) in [4.78, 5) is 26.2. The van der Waals surface area contributed by atoms with Crippen molar-refractivity contribution >= 4 is 29.9 Å². The molecule has 3 N–H and O–H groups in total. The lowest BCUT2D eigenvalue weighted by Crippen LogP contribution is -2.34. The van der Waals surface area contributed by atoms with E-state index in [4.69, 9.17) is 4.74 Å². The number of rotatable bonds is 5. The Kier molecular flexibility index (Phi) is 7.68. The number of anilines is 1. The summed E-state index contributed by atoms with van der Waals surface area (Å²) in [6.07, 6.45) is 3.83. The number of carbonyl (C=O) groups excluding carboxylic acids is 2. The molecule has 8 heteroatoms. The Hall–Kier alpha value is -2.71. The molecule has 0 atom stereocenters. The van der Waals surface area contributed by atoms with Crippen LogP contribution in [-0.4, -0.2) is 28.7 Å². The van der Waals surface area contributed by atoms with Crippen LogP contribution in [-0.2, 0) is 17.8 Å². The summed E-state index contributed by atoms with van der Waals surface area (Å²) in [7, 11) is 0. The molecule has 1 aliphatic carbocycles. The fourth-order valence-electron chi connectivity index (χ4n) is 4.52. The van der Waals surface area contributed by atoms with Gasteiger partial charge in [0.15, 0.2) is 0 Å². The third-order valence-corrected chi connectivity index (χ3v) is 6.97. The maximum absolute atomic E-state index is 12.7. The highest BCUT2D eigenvalue weighted by Gasteiger charge is 2.24. The van der Waals surface area contributed by atoms with Crippen LogP contribution in [0.25, 0.3) is 0 Å². The van der Waals surface area contributed by atoms with Gasteiger partial charge in [0, 0.05) is 37.0 Å². The molecule has 1 fully saturated rings. The molecular weight excluding hydrogens is 448 g/mol. The van der Waals surface area contributed by atoms with Gasteiger partial charge in [0.2, 0.25) is 0 Å². The summed E-state index contributed by atoms with van der Waals surface area (Å²) in [5.41, 5.74) is 4.07. The number of nitrogens with zero attached hydrogens (tertiary/aromatic N) is 1. The van der Waals surface area contributed by atoms with Gasteiger partial charge in [-0.1, -0.05) is 36.4 Å². The van der Waals surface area contributed by atoms with Crippen molar-refractivity contribution in [3.63, 3.8) is 0 Å². The van der Waals surface area contributed by atoms with Gasteiger partial charge in [-0.2, -0.15) is 0 Å². The molecule has 0 saturated heterocycles. The first kappa shape index (κ1) is 24.4. The number of hydrogen-bond donors (Lipinski definition) is 3. The standard InChI is InChI=1S/C26H34N4O3S/c1-26(2,3)33-25(32)29-34-28-23-14-10-19(11-15-23)18-8-12-22(13-9-18)27-24(31)30-16-20-6-4-5-7-21(20)17-30/h4-9,12-13,19,23,28H,10-11,14-17H2,1-3H3,(H,27,31)(H,29,32).